The summed E-state index contributed by atoms with van der Waals surface area (Å²) in [6, 6.07) is 14.8. The van der Waals surface area contributed by atoms with Gasteiger partial charge < -0.3 is 15.1 Å². The summed E-state index contributed by atoms with van der Waals surface area (Å²) in [5.74, 6) is 0.761. The van der Waals surface area contributed by atoms with E-state index in [1.54, 1.807) is 40.3 Å². The third kappa shape index (κ3) is 4.94. The number of nitrogens with zero attached hydrogens (tertiary/aromatic N) is 3. The minimum atomic E-state index is -3.55. The highest BCUT2D eigenvalue weighted by Gasteiger charge is 2.29. The number of anilines is 2. The zero-order chi connectivity index (χ0) is 21.0. The molecule has 0 radical (unpaired) electrons. The average molecular weight is 447 g/mol. The van der Waals surface area contributed by atoms with Gasteiger partial charge in [-0.15, -0.1) is 11.8 Å². The van der Waals surface area contributed by atoms with E-state index in [1.807, 2.05) is 18.2 Å². The molecule has 0 bridgehead atoms. The molecule has 8 heteroatoms. The molecule has 2 heterocycles. The van der Waals surface area contributed by atoms with Gasteiger partial charge in [-0.2, -0.15) is 0 Å². The number of piperazine rings is 1. The zero-order valence-corrected chi connectivity index (χ0v) is 19.1. The van der Waals surface area contributed by atoms with E-state index in [4.69, 9.17) is 0 Å². The van der Waals surface area contributed by atoms with Crippen LogP contribution >= 0.6 is 11.8 Å². The lowest BCUT2D eigenvalue weighted by Crippen LogP contribution is -2.44. The molecule has 2 aromatic rings. The maximum absolute atomic E-state index is 13.2. The van der Waals surface area contributed by atoms with Gasteiger partial charge in [0.2, 0.25) is 0 Å². The monoisotopic (exact) mass is 446 g/mol. The Morgan fingerprint density at radius 1 is 1.00 bits per heavy atom. The predicted molar refractivity (Wildman–Crippen MR) is 125 cm³/mol. The molecule has 0 unspecified atom stereocenters. The second-order valence-corrected chi connectivity index (χ2v) is 10.8. The highest BCUT2D eigenvalue weighted by Crippen LogP contribution is 2.39. The predicted octanol–water partition coefficient (Wildman–Crippen LogP) is 3.04. The van der Waals surface area contributed by atoms with E-state index in [0.29, 0.717) is 11.4 Å². The van der Waals surface area contributed by atoms with Crippen molar-refractivity contribution in [2.45, 2.75) is 16.2 Å². The summed E-state index contributed by atoms with van der Waals surface area (Å²) < 4.78 is 28.0. The van der Waals surface area contributed by atoms with Crippen molar-refractivity contribution in [1.82, 2.24) is 9.80 Å². The molecule has 2 aliphatic rings. The van der Waals surface area contributed by atoms with E-state index >= 15 is 0 Å². The van der Waals surface area contributed by atoms with E-state index in [1.165, 1.54) is 0 Å². The summed E-state index contributed by atoms with van der Waals surface area (Å²) in [6.45, 7) is 7.02. The van der Waals surface area contributed by atoms with Gasteiger partial charge in [0.15, 0.2) is 0 Å². The number of nitrogens with one attached hydrogen (secondary N) is 1. The van der Waals surface area contributed by atoms with Gasteiger partial charge in [0.25, 0.3) is 10.0 Å². The number of thioether (sulfide) groups is 1. The van der Waals surface area contributed by atoms with Crippen LogP contribution in [-0.4, -0.2) is 76.8 Å². The summed E-state index contributed by atoms with van der Waals surface area (Å²) in [5.41, 5.74) is 1.75. The first-order chi connectivity index (χ1) is 14.5. The second-order valence-electron chi connectivity index (χ2n) is 7.85. The van der Waals surface area contributed by atoms with Gasteiger partial charge in [0.05, 0.1) is 10.6 Å². The first-order valence-corrected chi connectivity index (χ1v) is 13.0. The molecular formula is C22H30N4O2S2. The molecule has 4 rings (SSSR count). The summed E-state index contributed by atoms with van der Waals surface area (Å²) in [5, 5.41) is 3.49. The van der Waals surface area contributed by atoms with Crippen molar-refractivity contribution in [2.24, 2.45) is 0 Å². The number of rotatable bonds is 7. The van der Waals surface area contributed by atoms with Crippen molar-refractivity contribution in [1.29, 1.82) is 0 Å². The van der Waals surface area contributed by atoms with Crippen molar-refractivity contribution < 1.29 is 8.42 Å². The standard InChI is InChI=1S/C22H30N4O2S2/c1-24-12-14-25(15-13-24)11-5-10-23-19-8-9-22-21(18-19)26(16-17-29-22)30(27,28)20-6-3-2-4-7-20/h2-4,6-9,18,23H,5,10-17H2,1H3. The quantitative estimate of drug-likeness (QED) is 0.660. The topological polar surface area (TPSA) is 55.9 Å². The Morgan fingerprint density at radius 3 is 2.53 bits per heavy atom. The van der Waals surface area contributed by atoms with E-state index in [9.17, 15) is 8.42 Å². The fraction of sp³-hybridized carbons (Fsp3) is 0.455. The van der Waals surface area contributed by atoms with Gasteiger partial charge in [0, 0.05) is 55.6 Å². The van der Waals surface area contributed by atoms with Crippen molar-refractivity contribution in [3.8, 4) is 0 Å². The van der Waals surface area contributed by atoms with Gasteiger partial charge in [-0.1, -0.05) is 18.2 Å². The van der Waals surface area contributed by atoms with Crippen LogP contribution in [0, 0.1) is 0 Å². The maximum Gasteiger partial charge on any atom is 0.264 e. The van der Waals surface area contributed by atoms with Crippen molar-refractivity contribution in [2.75, 3.05) is 68.2 Å². The first-order valence-electron chi connectivity index (χ1n) is 10.5. The van der Waals surface area contributed by atoms with Crippen LogP contribution in [0.5, 0.6) is 0 Å². The molecule has 1 fully saturated rings. The van der Waals surface area contributed by atoms with E-state index in [2.05, 4.69) is 28.2 Å². The third-order valence-corrected chi connectivity index (χ3v) is 8.56. The van der Waals surface area contributed by atoms with Crippen molar-refractivity contribution in [3.63, 3.8) is 0 Å². The van der Waals surface area contributed by atoms with Gasteiger partial charge >= 0.3 is 0 Å². The lowest BCUT2D eigenvalue weighted by atomic mass is 10.2. The van der Waals surface area contributed by atoms with Gasteiger partial charge in [-0.05, 0) is 50.3 Å². The maximum atomic E-state index is 13.2. The van der Waals surface area contributed by atoms with Gasteiger partial charge in [-0.25, -0.2) is 8.42 Å². The van der Waals surface area contributed by atoms with Gasteiger partial charge in [0.1, 0.15) is 0 Å². The van der Waals surface area contributed by atoms with Crippen LogP contribution < -0.4 is 9.62 Å². The number of hydrogen-bond acceptors (Lipinski definition) is 6. The summed E-state index contributed by atoms with van der Waals surface area (Å²) in [6.07, 6.45) is 1.07. The van der Waals surface area contributed by atoms with Gasteiger partial charge in [-0.3, -0.25) is 4.31 Å². The molecule has 0 aliphatic carbocycles. The Hall–Kier alpha value is -1.74. The van der Waals surface area contributed by atoms with E-state index in [-0.39, 0.29) is 0 Å². The van der Waals surface area contributed by atoms with Crippen LogP contribution in [0.3, 0.4) is 0 Å². The summed E-state index contributed by atoms with van der Waals surface area (Å²) in [4.78, 5) is 6.24. The van der Waals surface area contributed by atoms with Crippen LogP contribution in [0.2, 0.25) is 0 Å². The molecule has 0 spiro atoms. The number of hydrogen-bond donors (Lipinski definition) is 1. The average Bonchev–Trinajstić information content (AvgIpc) is 2.78. The molecule has 162 valence electrons. The molecule has 0 saturated carbocycles. The van der Waals surface area contributed by atoms with E-state index < -0.39 is 10.0 Å². The van der Waals surface area contributed by atoms with E-state index in [0.717, 1.165) is 67.7 Å². The number of sulfonamides is 1. The Labute approximate surface area is 184 Å². The Bertz CT molecular complexity index is 945. The molecule has 0 amide bonds. The Kier molecular flexibility index (Phi) is 6.87. The van der Waals surface area contributed by atoms with Crippen LogP contribution in [-0.2, 0) is 10.0 Å². The highest BCUT2D eigenvalue weighted by molar-refractivity contribution is 8.00. The first kappa shape index (κ1) is 21.5. The smallest absolute Gasteiger partial charge is 0.264 e. The van der Waals surface area contributed by atoms with Crippen LogP contribution in [0.1, 0.15) is 6.42 Å². The number of likely N-dealkylation sites (N-methyl/N-ethyl adjacent to an activating group) is 1. The van der Waals surface area contributed by atoms with Crippen LogP contribution in [0.25, 0.3) is 0 Å². The Balaban J connectivity index is 1.41. The zero-order valence-electron chi connectivity index (χ0n) is 17.5. The molecule has 2 aromatic carbocycles. The Morgan fingerprint density at radius 2 is 1.77 bits per heavy atom. The van der Waals surface area contributed by atoms with Crippen molar-refractivity contribution in [3.05, 3.63) is 48.5 Å². The third-order valence-electron chi connectivity index (χ3n) is 5.69. The molecule has 2 aliphatic heterocycles. The minimum absolute atomic E-state index is 0.341. The van der Waals surface area contributed by atoms with Crippen LogP contribution in [0.15, 0.2) is 58.3 Å². The molecule has 0 aromatic heterocycles. The molecule has 1 N–H and O–H groups in total. The fourth-order valence-corrected chi connectivity index (χ4v) is 6.53. The van der Waals surface area contributed by atoms with Crippen molar-refractivity contribution >= 4 is 33.2 Å². The summed E-state index contributed by atoms with van der Waals surface area (Å²) in [7, 11) is -1.38. The largest absolute Gasteiger partial charge is 0.385 e. The molecule has 30 heavy (non-hydrogen) atoms. The highest BCUT2D eigenvalue weighted by atomic mass is 32.2. The molecule has 1 saturated heterocycles. The SMILES string of the molecule is CN1CCN(CCCNc2ccc3c(c2)N(S(=O)(=O)c2ccccc2)CCS3)CC1. The minimum Gasteiger partial charge on any atom is -0.385 e. The normalized spacial score (nSPS) is 18.2. The second kappa shape index (κ2) is 9.60. The number of fused-ring (bicyclic) bond motifs is 1. The summed E-state index contributed by atoms with van der Waals surface area (Å²) >= 11 is 1.72. The molecule has 0 atom stereocenters. The fourth-order valence-electron chi connectivity index (χ4n) is 3.88. The lowest BCUT2D eigenvalue weighted by molar-refractivity contribution is 0.154. The molecular weight excluding hydrogens is 416 g/mol. The lowest BCUT2D eigenvalue weighted by Gasteiger charge is -2.32. The molecule has 6 nitrogen and oxygen atoms in total. The van der Waals surface area contributed by atoms with Crippen LogP contribution in [0.4, 0.5) is 11.4 Å². The number of benzene rings is 2.